The summed E-state index contributed by atoms with van der Waals surface area (Å²) < 4.78 is 0. The van der Waals surface area contributed by atoms with E-state index < -0.39 is 0 Å². The Kier molecular flexibility index (Phi) is 7.45. The van der Waals surface area contributed by atoms with Gasteiger partial charge in [0.05, 0.1) is 0 Å². The summed E-state index contributed by atoms with van der Waals surface area (Å²) in [6.45, 7) is 12.8. The van der Waals surface area contributed by atoms with E-state index in [1.807, 2.05) is 0 Å². The van der Waals surface area contributed by atoms with Crippen LogP contribution in [0.15, 0.2) is 0 Å². The van der Waals surface area contributed by atoms with Crippen LogP contribution < -0.4 is 10.6 Å². The topological polar surface area (TPSA) is 27.3 Å². The first kappa shape index (κ1) is 11.9. The molecule has 0 amide bonds. The van der Waals surface area contributed by atoms with E-state index in [9.17, 15) is 0 Å². The predicted molar refractivity (Wildman–Crippen MR) is 54.1 cm³/mol. The molecule has 0 saturated heterocycles. The second-order valence-corrected chi connectivity index (χ2v) is 2.74. The van der Waals surface area contributed by atoms with Crippen molar-refractivity contribution >= 4 is 0 Å². The van der Waals surface area contributed by atoms with Crippen LogP contribution in [0.3, 0.4) is 0 Å². The second-order valence-electron chi connectivity index (χ2n) is 2.74. The van der Waals surface area contributed by atoms with Crippen LogP contribution in [0.2, 0.25) is 0 Å². The van der Waals surface area contributed by atoms with Gasteiger partial charge in [-0.05, 0) is 26.2 Å². The van der Waals surface area contributed by atoms with Crippen LogP contribution in [0.1, 0.15) is 27.7 Å². The first-order chi connectivity index (χ1) is 5.79. The Morgan fingerprint density at radius 3 is 1.58 bits per heavy atom. The first-order valence-electron chi connectivity index (χ1n) is 5.00. The minimum Gasteiger partial charge on any atom is -0.290 e. The molecule has 2 N–H and O–H groups in total. The van der Waals surface area contributed by atoms with Crippen molar-refractivity contribution in [2.24, 2.45) is 0 Å². The summed E-state index contributed by atoms with van der Waals surface area (Å²) in [6, 6.07) is 0. The fourth-order valence-corrected chi connectivity index (χ4v) is 1.31. The minimum atomic E-state index is 0.343. The van der Waals surface area contributed by atoms with Crippen molar-refractivity contribution in [3.63, 3.8) is 0 Å². The highest BCUT2D eigenvalue weighted by atomic mass is 15.4. The number of nitrogens with zero attached hydrogens (tertiary/aromatic N) is 1. The van der Waals surface area contributed by atoms with Crippen LogP contribution in [0, 0.1) is 0 Å². The van der Waals surface area contributed by atoms with Crippen molar-refractivity contribution in [2.75, 3.05) is 26.2 Å². The Bertz CT molecular complexity index is 85.8. The molecule has 0 rings (SSSR count). The van der Waals surface area contributed by atoms with Gasteiger partial charge in [0.25, 0.3) is 0 Å². The highest BCUT2D eigenvalue weighted by Gasteiger charge is 2.11. The van der Waals surface area contributed by atoms with Gasteiger partial charge in [-0.2, -0.15) is 0 Å². The summed E-state index contributed by atoms with van der Waals surface area (Å²) in [7, 11) is 0. The summed E-state index contributed by atoms with van der Waals surface area (Å²) in [6.07, 6.45) is 0.343. The molecule has 0 aliphatic rings. The quantitative estimate of drug-likeness (QED) is 0.558. The zero-order chi connectivity index (χ0) is 9.40. The van der Waals surface area contributed by atoms with Crippen LogP contribution in [0.5, 0.6) is 0 Å². The Hall–Kier alpha value is -0.120. The maximum Gasteiger partial charge on any atom is 0.114 e. The van der Waals surface area contributed by atoms with Crippen molar-refractivity contribution in [1.82, 2.24) is 15.5 Å². The molecular weight excluding hydrogens is 150 g/mol. The summed E-state index contributed by atoms with van der Waals surface area (Å²) in [5, 5.41) is 6.80. The number of rotatable bonds is 7. The molecule has 0 fully saturated rings. The highest BCUT2D eigenvalue weighted by Crippen LogP contribution is 1.91. The van der Waals surface area contributed by atoms with Gasteiger partial charge in [-0.25, -0.2) is 0 Å². The molecule has 0 heterocycles. The van der Waals surface area contributed by atoms with E-state index in [1.165, 1.54) is 0 Å². The van der Waals surface area contributed by atoms with E-state index in [1.54, 1.807) is 0 Å². The third kappa shape index (κ3) is 4.04. The lowest BCUT2D eigenvalue weighted by Gasteiger charge is -2.30. The lowest BCUT2D eigenvalue weighted by molar-refractivity contribution is 0.152. The molecule has 0 saturated carbocycles. The van der Waals surface area contributed by atoms with Crippen molar-refractivity contribution < 1.29 is 0 Å². The van der Waals surface area contributed by atoms with Gasteiger partial charge >= 0.3 is 0 Å². The summed E-state index contributed by atoms with van der Waals surface area (Å²) in [5.74, 6) is 0. The van der Waals surface area contributed by atoms with Gasteiger partial charge in [0.2, 0.25) is 0 Å². The first-order valence-corrected chi connectivity index (χ1v) is 5.00. The van der Waals surface area contributed by atoms with Crippen molar-refractivity contribution in [1.29, 1.82) is 0 Å². The van der Waals surface area contributed by atoms with E-state index in [2.05, 4.69) is 43.2 Å². The van der Waals surface area contributed by atoms with E-state index in [0.29, 0.717) is 6.29 Å². The maximum atomic E-state index is 3.40. The molecule has 0 spiro atoms. The van der Waals surface area contributed by atoms with E-state index in [0.717, 1.165) is 26.2 Å². The Morgan fingerprint density at radius 2 is 1.33 bits per heavy atom. The Balaban J connectivity index is 3.86. The lowest BCUT2D eigenvalue weighted by atomic mass is 10.5. The van der Waals surface area contributed by atoms with Crippen LogP contribution in [0.25, 0.3) is 0 Å². The van der Waals surface area contributed by atoms with Gasteiger partial charge in [0.15, 0.2) is 0 Å². The number of hydrogen-bond acceptors (Lipinski definition) is 3. The Labute approximate surface area is 76.5 Å². The fourth-order valence-electron chi connectivity index (χ4n) is 1.31. The van der Waals surface area contributed by atoms with Gasteiger partial charge in [-0.1, -0.05) is 27.7 Å². The smallest absolute Gasteiger partial charge is 0.114 e. The van der Waals surface area contributed by atoms with Gasteiger partial charge in [0, 0.05) is 0 Å². The third-order valence-corrected chi connectivity index (χ3v) is 1.97. The molecule has 0 aliphatic carbocycles. The molecule has 0 aromatic rings. The molecule has 74 valence electrons. The van der Waals surface area contributed by atoms with Gasteiger partial charge in [0.1, 0.15) is 6.29 Å². The minimum absolute atomic E-state index is 0.343. The van der Waals surface area contributed by atoms with Gasteiger partial charge < -0.3 is 0 Å². The van der Waals surface area contributed by atoms with Crippen LogP contribution in [-0.4, -0.2) is 37.4 Å². The molecule has 12 heavy (non-hydrogen) atoms. The zero-order valence-electron chi connectivity index (χ0n) is 8.85. The second kappa shape index (κ2) is 7.53. The fraction of sp³-hybridized carbons (Fsp3) is 1.00. The SMILES string of the molecule is CCNC(NCC)N(CC)CC. The normalized spacial score (nSPS) is 11.5. The lowest BCUT2D eigenvalue weighted by Crippen LogP contribution is -2.54. The van der Waals surface area contributed by atoms with E-state index >= 15 is 0 Å². The van der Waals surface area contributed by atoms with Crippen LogP contribution >= 0.6 is 0 Å². The molecule has 0 bridgehead atoms. The summed E-state index contributed by atoms with van der Waals surface area (Å²) in [5.41, 5.74) is 0. The standard InChI is InChI=1S/C9H23N3/c1-5-10-9(11-6-2)12(7-3)8-4/h9-11H,5-8H2,1-4H3. The maximum absolute atomic E-state index is 3.40. The van der Waals surface area contributed by atoms with Crippen molar-refractivity contribution in [3.8, 4) is 0 Å². The van der Waals surface area contributed by atoms with E-state index in [-0.39, 0.29) is 0 Å². The molecule has 3 nitrogen and oxygen atoms in total. The third-order valence-electron chi connectivity index (χ3n) is 1.97. The molecule has 0 aromatic carbocycles. The average Bonchev–Trinajstić information content (AvgIpc) is 2.07. The largest absolute Gasteiger partial charge is 0.290 e. The van der Waals surface area contributed by atoms with Crippen molar-refractivity contribution in [3.05, 3.63) is 0 Å². The van der Waals surface area contributed by atoms with Gasteiger partial charge in [-0.3, -0.25) is 15.5 Å². The Morgan fingerprint density at radius 1 is 0.917 bits per heavy atom. The molecule has 3 heteroatoms. The van der Waals surface area contributed by atoms with Crippen molar-refractivity contribution in [2.45, 2.75) is 34.0 Å². The molecule has 0 atom stereocenters. The van der Waals surface area contributed by atoms with Crippen LogP contribution in [-0.2, 0) is 0 Å². The number of hydrogen-bond donors (Lipinski definition) is 2. The molecule has 0 aromatic heterocycles. The summed E-state index contributed by atoms with van der Waals surface area (Å²) in [4.78, 5) is 2.37. The monoisotopic (exact) mass is 173 g/mol. The molecular formula is C9H23N3. The predicted octanol–water partition coefficient (Wildman–Crippen LogP) is 0.831. The zero-order valence-corrected chi connectivity index (χ0v) is 8.85. The molecule has 0 radical (unpaired) electrons. The summed E-state index contributed by atoms with van der Waals surface area (Å²) >= 11 is 0. The van der Waals surface area contributed by atoms with E-state index in [4.69, 9.17) is 0 Å². The molecule has 0 aliphatic heterocycles. The average molecular weight is 173 g/mol. The van der Waals surface area contributed by atoms with Crippen LogP contribution in [0.4, 0.5) is 0 Å². The van der Waals surface area contributed by atoms with Gasteiger partial charge in [-0.15, -0.1) is 0 Å². The highest BCUT2D eigenvalue weighted by molar-refractivity contribution is 4.63. The molecule has 0 unspecified atom stereocenters. The number of nitrogens with one attached hydrogen (secondary N) is 2.